The number of amides is 1. The highest BCUT2D eigenvalue weighted by Gasteiger charge is 2.44. The fraction of sp³-hybridized carbons (Fsp3) is 0.564. The van der Waals surface area contributed by atoms with Gasteiger partial charge in [-0.25, -0.2) is 4.79 Å². The summed E-state index contributed by atoms with van der Waals surface area (Å²) < 4.78 is 61.3. The molecule has 0 spiro atoms. The van der Waals surface area contributed by atoms with Crippen LogP contribution in [0.4, 0.5) is 23.9 Å². The molecule has 12 nitrogen and oxygen atoms in total. The van der Waals surface area contributed by atoms with E-state index < -0.39 is 24.9 Å². The second-order valence-electron chi connectivity index (χ2n) is 14.4. The lowest BCUT2D eigenvalue weighted by atomic mass is 9.94. The summed E-state index contributed by atoms with van der Waals surface area (Å²) in [5, 5.41) is 3.06. The van der Waals surface area contributed by atoms with Gasteiger partial charge in [0.2, 0.25) is 5.95 Å². The summed E-state index contributed by atoms with van der Waals surface area (Å²) in [4.78, 5) is 43.2. The van der Waals surface area contributed by atoms with Crippen molar-refractivity contribution in [2.24, 2.45) is 5.41 Å². The highest BCUT2D eigenvalue weighted by atomic mass is 19.4. The third-order valence-electron chi connectivity index (χ3n) is 10.1. The Morgan fingerprint density at radius 3 is 2.35 bits per heavy atom. The third kappa shape index (κ3) is 11.7. The molecular formula is C39H49F3N6O6. The van der Waals surface area contributed by atoms with Gasteiger partial charge >= 0.3 is 18.3 Å². The Labute approximate surface area is 313 Å². The molecule has 1 amide bonds. The second-order valence-corrected chi connectivity index (χ2v) is 14.4. The molecular weight excluding hydrogens is 705 g/mol. The molecule has 15 heteroatoms. The second kappa shape index (κ2) is 18.1. The Balaban J connectivity index is 1.23. The van der Waals surface area contributed by atoms with Crippen LogP contribution in [0.15, 0.2) is 42.5 Å². The summed E-state index contributed by atoms with van der Waals surface area (Å²) in [6.45, 7) is 3.61. The number of carbonyl (C=O) groups is 2. The zero-order chi connectivity index (χ0) is 38.0. The number of nitrogens with one attached hydrogen (secondary N) is 1. The van der Waals surface area contributed by atoms with Gasteiger partial charge in [0, 0.05) is 39.0 Å². The van der Waals surface area contributed by atoms with E-state index in [9.17, 15) is 22.8 Å². The van der Waals surface area contributed by atoms with Crippen LogP contribution in [0.2, 0.25) is 0 Å². The molecule has 0 atom stereocenters. The minimum atomic E-state index is -4.58. The maximum atomic E-state index is 13.8. The number of Topliss-reactive ketones (excluding diaryl/α,β-unsaturated/α-hetero) is 1. The number of nitrogens with zero attached hydrogens (tertiary/aromatic N) is 5. The summed E-state index contributed by atoms with van der Waals surface area (Å²) in [5.74, 6) is 1.31. The van der Waals surface area contributed by atoms with Gasteiger partial charge in [-0.1, -0.05) is 18.2 Å². The molecule has 1 saturated heterocycles. The molecule has 0 radical (unpaired) electrons. The lowest BCUT2D eigenvalue weighted by Crippen LogP contribution is -2.33. The van der Waals surface area contributed by atoms with E-state index in [-0.39, 0.29) is 35.9 Å². The minimum absolute atomic E-state index is 0.00286. The molecule has 292 valence electrons. The monoisotopic (exact) mass is 754 g/mol. The van der Waals surface area contributed by atoms with Crippen molar-refractivity contribution in [1.82, 2.24) is 24.8 Å². The number of benzene rings is 2. The molecule has 1 N–H and O–H groups in total. The van der Waals surface area contributed by atoms with Crippen molar-refractivity contribution < 1.29 is 41.7 Å². The van der Waals surface area contributed by atoms with Crippen molar-refractivity contribution in [3.05, 3.63) is 65.0 Å². The van der Waals surface area contributed by atoms with E-state index in [0.29, 0.717) is 74.6 Å². The largest absolute Gasteiger partial charge is 0.494 e. The highest BCUT2D eigenvalue weighted by molar-refractivity contribution is 5.98. The maximum Gasteiger partial charge on any atom is 0.422 e. The molecule has 1 aliphatic carbocycles. The Morgan fingerprint density at radius 1 is 0.889 bits per heavy atom. The average Bonchev–Trinajstić information content (AvgIpc) is 3.73. The van der Waals surface area contributed by atoms with Crippen LogP contribution in [-0.2, 0) is 17.7 Å². The first-order valence-electron chi connectivity index (χ1n) is 18.8. The van der Waals surface area contributed by atoms with Crippen molar-refractivity contribution in [2.75, 3.05) is 65.0 Å². The van der Waals surface area contributed by atoms with Crippen LogP contribution in [0.25, 0.3) is 0 Å². The van der Waals surface area contributed by atoms with Gasteiger partial charge in [0.15, 0.2) is 12.4 Å². The van der Waals surface area contributed by atoms with E-state index in [4.69, 9.17) is 18.9 Å². The number of anilines is 1. The van der Waals surface area contributed by atoms with Crippen molar-refractivity contribution in [3.8, 4) is 17.5 Å². The van der Waals surface area contributed by atoms with Gasteiger partial charge in [0.05, 0.1) is 25.9 Å². The number of ketones is 1. The van der Waals surface area contributed by atoms with Crippen molar-refractivity contribution in [2.45, 2.75) is 76.9 Å². The van der Waals surface area contributed by atoms with E-state index in [2.05, 4.69) is 25.2 Å². The zero-order valence-electron chi connectivity index (χ0n) is 30.8. The summed E-state index contributed by atoms with van der Waals surface area (Å²) in [6.07, 6.45) is 2.93. The van der Waals surface area contributed by atoms with Crippen LogP contribution >= 0.6 is 0 Å². The first-order chi connectivity index (χ1) is 26.1. The van der Waals surface area contributed by atoms with Crippen LogP contribution in [0.3, 0.4) is 0 Å². The predicted molar refractivity (Wildman–Crippen MR) is 194 cm³/mol. The number of rotatable bonds is 8. The zero-order valence-corrected chi connectivity index (χ0v) is 30.8. The summed E-state index contributed by atoms with van der Waals surface area (Å²) in [6, 6.07) is 12.2. The fourth-order valence-corrected chi connectivity index (χ4v) is 6.91. The van der Waals surface area contributed by atoms with Gasteiger partial charge in [-0.05, 0) is 105 Å². The standard InChI is InChI=1S/C39H49F3N6O6/c1-51-37(50)48-19-4-5-21-53-33-23-29(9-12-31(33)32(49)13-14-38(15-16-38)26-47-17-2-3-18-47)24-34-44-35(46-36(45-34)54-27-39(40,41)42)43-25-28-7-10-30(11-8-28)52-22-6-20-48/h7-12,23H,2-6,13-22,24-27H2,1H3,(H,43,44,45,46). The normalized spacial score (nSPS) is 18.2. The minimum Gasteiger partial charge on any atom is -0.494 e. The van der Waals surface area contributed by atoms with Gasteiger partial charge in [0.1, 0.15) is 17.3 Å². The molecule has 54 heavy (non-hydrogen) atoms. The van der Waals surface area contributed by atoms with Crippen LogP contribution in [0, 0.1) is 5.41 Å². The SMILES string of the molecule is COC(=O)N1CCCCOc2cc(ccc2C(=O)CCC2(CN3CCCC3)CC2)Cc2nc(nc(OCC(F)(F)F)n2)NCc2ccc(cc2)OCCC1. The van der Waals surface area contributed by atoms with Gasteiger partial charge in [-0.3, -0.25) is 4.79 Å². The number of aromatic nitrogens is 3. The molecule has 7 rings (SSSR count). The first kappa shape index (κ1) is 39.0. The van der Waals surface area contributed by atoms with Gasteiger partial charge in [-0.15, -0.1) is 0 Å². The molecule has 4 aliphatic rings. The van der Waals surface area contributed by atoms with Crippen molar-refractivity contribution in [1.29, 1.82) is 0 Å². The van der Waals surface area contributed by atoms with Crippen LogP contribution in [0.1, 0.15) is 85.1 Å². The number of alkyl halides is 3. The quantitative estimate of drug-likeness (QED) is 0.242. The fourth-order valence-electron chi connectivity index (χ4n) is 6.91. The molecule has 1 aromatic heterocycles. The van der Waals surface area contributed by atoms with Crippen molar-refractivity contribution >= 4 is 17.8 Å². The number of hydrogen-bond acceptors (Lipinski definition) is 11. The Morgan fingerprint density at radius 2 is 1.61 bits per heavy atom. The number of halogens is 3. The number of fused-ring (bicyclic) bond motifs is 12. The predicted octanol–water partition coefficient (Wildman–Crippen LogP) is 6.86. The molecule has 3 aromatic rings. The smallest absolute Gasteiger partial charge is 0.422 e. The maximum absolute atomic E-state index is 13.8. The number of likely N-dealkylation sites (tertiary alicyclic amines) is 1. The first-order valence-corrected chi connectivity index (χ1v) is 18.8. The lowest BCUT2D eigenvalue weighted by molar-refractivity contribution is -0.154. The third-order valence-corrected chi connectivity index (χ3v) is 10.1. The number of ether oxygens (including phenoxy) is 4. The molecule has 1 saturated carbocycles. The van der Waals surface area contributed by atoms with Crippen LogP contribution in [0.5, 0.6) is 17.5 Å². The number of carbonyl (C=O) groups excluding carboxylic acids is 2. The number of hydrogen-bond donors (Lipinski definition) is 1. The van der Waals surface area contributed by atoms with Gasteiger partial charge in [0.25, 0.3) is 0 Å². The van der Waals surface area contributed by atoms with E-state index >= 15 is 0 Å². The van der Waals surface area contributed by atoms with E-state index in [0.717, 1.165) is 44.5 Å². The Hall–Kier alpha value is -4.66. The number of methoxy groups -OCH3 is 1. The van der Waals surface area contributed by atoms with Crippen LogP contribution < -0.4 is 19.5 Å². The highest BCUT2D eigenvalue weighted by Crippen LogP contribution is 2.50. The summed E-state index contributed by atoms with van der Waals surface area (Å²) >= 11 is 0. The van der Waals surface area contributed by atoms with E-state index in [1.165, 1.54) is 20.0 Å². The van der Waals surface area contributed by atoms with Gasteiger partial charge < -0.3 is 34.1 Å². The Bertz CT molecular complexity index is 1720. The Kier molecular flexibility index (Phi) is 13.1. The molecule has 2 fully saturated rings. The molecule has 4 heterocycles. The molecule has 3 aliphatic heterocycles. The molecule has 2 aromatic carbocycles. The van der Waals surface area contributed by atoms with E-state index in [1.807, 2.05) is 24.3 Å². The van der Waals surface area contributed by atoms with E-state index in [1.54, 1.807) is 23.1 Å². The topological polar surface area (TPSA) is 128 Å². The molecule has 6 bridgehead atoms. The average molecular weight is 755 g/mol. The summed E-state index contributed by atoms with van der Waals surface area (Å²) in [5.41, 5.74) is 2.23. The summed E-state index contributed by atoms with van der Waals surface area (Å²) in [7, 11) is 1.36. The molecule has 0 unspecified atom stereocenters. The van der Waals surface area contributed by atoms with Crippen LogP contribution in [-0.4, -0.2) is 102 Å². The van der Waals surface area contributed by atoms with Crippen molar-refractivity contribution in [3.63, 3.8) is 0 Å². The lowest BCUT2D eigenvalue weighted by Gasteiger charge is -2.23. The van der Waals surface area contributed by atoms with Gasteiger partial charge in [-0.2, -0.15) is 28.1 Å².